The molecule has 0 unspecified atom stereocenters. The molecule has 4 aromatic heterocycles. The number of ether oxygens (including phenoxy) is 1. The van der Waals surface area contributed by atoms with Crippen molar-refractivity contribution in [3.63, 3.8) is 0 Å². The standard InChI is InChI=1S/C30H24FN5O6S/c1-32-29(37)27-19-12-18(21-13-20(30(40-3)35-34-21)25-14-22-24(41-25)6-5-11-33-22)23(36(2)43(4,38)39)15-26(19)42-28(27)16-7-9-17(31)10-8-16/h5-15H,1-4H3,(H,32,37). The number of fused-ring (bicyclic) bond motifs is 2. The number of benzene rings is 2. The number of aromatic nitrogens is 3. The van der Waals surface area contributed by atoms with E-state index in [1.54, 1.807) is 36.5 Å². The highest BCUT2D eigenvalue weighted by molar-refractivity contribution is 7.92. The second-order valence-corrected chi connectivity index (χ2v) is 11.7. The van der Waals surface area contributed by atoms with Gasteiger partial charge in [0.1, 0.15) is 28.4 Å². The molecule has 0 bridgehead atoms. The first-order chi connectivity index (χ1) is 20.6. The molecule has 0 saturated heterocycles. The summed E-state index contributed by atoms with van der Waals surface area (Å²) >= 11 is 0. The molecule has 218 valence electrons. The Morgan fingerprint density at radius 2 is 1.77 bits per heavy atom. The van der Waals surface area contributed by atoms with E-state index in [0.717, 1.165) is 10.6 Å². The predicted octanol–water partition coefficient (Wildman–Crippen LogP) is 5.27. The first-order valence-electron chi connectivity index (χ1n) is 12.9. The minimum absolute atomic E-state index is 0.176. The van der Waals surface area contributed by atoms with Crippen LogP contribution < -0.4 is 14.4 Å². The highest BCUT2D eigenvalue weighted by atomic mass is 32.2. The van der Waals surface area contributed by atoms with Gasteiger partial charge in [0.2, 0.25) is 15.9 Å². The van der Waals surface area contributed by atoms with Gasteiger partial charge in [0.15, 0.2) is 5.58 Å². The zero-order valence-electron chi connectivity index (χ0n) is 23.4. The number of carbonyl (C=O) groups excluding carboxylic acids is 1. The maximum absolute atomic E-state index is 13.7. The Hall–Kier alpha value is -5.30. The summed E-state index contributed by atoms with van der Waals surface area (Å²) in [6.07, 6.45) is 2.71. The maximum Gasteiger partial charge on any atom is 0.255 e. The Balaban J connectivity index is 1.64. The van der Waals surface area contributed by atoms with Gasteiger partial charge in [-0.1, -0.05) is 0 Å². The quantitative estimate of drug-likeness (QED) is 0.259. The van der Waals surface area contributed by atoms with Crippen LogP contribution in [0.5, 0.6) is 5.88 Å². The maximum atomic E-state index is 13.7. The summed E-state index contributed by atoms with van der Waals surface area (Å²) in [4.78, 5) is 17.5. The molecule has 6 aromatic rings. The topological polar surface area (TPSA) is 141 Å². The van der Waals surface area contributed by atoms with Crippen molar-refractivity contribution in [3.8, 4) is 39.8 Å². The van der Waals surface area contributed by atoms with Crippen LogP contribution in [-0.2, 0) is 10.0 Å². The summed E-state index contributed by atoms with van der Waals surface area (Å²) < 4.78 is 57.8. The molecule has 0 saturated carbocycles. The molecule has 1 N–H and O–H groups in total. The lowest BCUT2D eigenvalue weighted by molar-refractivity contribution is 0.0964. The van der Waals surface area contributed by atoms with Gasteiger partial charge in [-0.15, -0.1) is 10.2 Å². The van der Waals surface area contributed by atoms with Gasteiger partial charge in [-0.05, 0) is 48.5 Å². The van der Waals surface area contributed by atoms with Crippen LogP contribution >= 0.6 is 0 Å². The van der Waals surface area contributed by atoms with E-state index in [4.69, 9.17) is 13.6 Å². The van der Waals surface area contributed by atoms with Crippen LogP contribution in [0.25, 0.3) is 56.0 Å². The normalized spacial score (nSPS) is 11.7. The van der Waals surface area contributed by atoms with E-state index < -0.39 is 21.7 Å². The Morgan fingerprint density at radius 1 is 1.00 bits per heavy atom. The number of anilines is 1. The van der Waals surface area contributed by atoms with E-state index in [1.165, 1.54) is 51.5 Å². The summed E-state index contributed by atoms with van der Waals surface area (Å²) in [5.41, 5.74) is 3.32. The van der Waals surface area contributed by atoms with E-state index in [9.17, 15) is 17.6 Å². The second-order valence-electron chi connectivity index (χ2n) is 9.64. The first-order valence-corrected chi connectivity index (χ1v) is 14.7. The number of amides is 1. The Labute approximate surface area is 245 Å². The largest absolute Gasteiger partial charge is 0.479 e. The van der Waals surface area contributed by atoms with E-state index in [2.05, 4.69) is 20.5 Å². The van der Waals surface area contributed by atoms with Crippen LogP contribution in [0.15, 0.2) is 75.7 Å². The summed E-state index contributed by atoms with van der Waals surface area (Å²) in [5, 5.41) is 11.6. The molecule has 0 radical (unpaired) electrons. The average molecular weight is 602 g/mol. The van der Waals surface area contributed by atoms with Crippen LogP contribution in [0.4, 0.5) is 10.1 Å². The molecule has 0 fully saturated rings. The van der Waals surface area contributed by atoms with E-state index in [1.807, 2.05) is 0 Å². The highest BCUT2D eigenvalue weighted by Crippen LogP contribution is 2.42. The van der Waals surface area contributed by atoms with Crippen molar-refractivity contribution in [2.45, 2.75) is 0 Å². The average Bonchev–Trinajstić information content (AvgIpc) is 3.61. The number of methoxy groups -OCH3 is 1. The van der Waals surface area contributed by atoms with Gasteiger partial charge < -0.3 is 18.9 Å². The molecule has 2 aromatic carbocycles. The number of pyridine rings is 1. The van der Waals surface area contributed by atoms with Crippen molar-refractivity contribution in [3.05, 3.63) is 78.2 Å². The molecular formula is C30H24FN5O6S. The van der Waals surface area contributed by atoms with Crippen molar-refractivity contribution in [2.75, 3.05) is 31.8 Å². The number of nitrogens with zero attached hydrogens (tertiary/aromatic N) is 4. The molecule has 11 nitrogen and oxygen atoms in total. The van der Waals surface area contributed by atoms with Crippen molar-refractivity contribution in [1.82, 2.24) is 20.5 Å². The Bertz CT molecular complexity index is 2110. The van der Waals surface area contributed by atoms with Gasteiger partial charge in [-0.2, -0.15) is 0 Å². The lowest BCUT2D eigenvalue weighted by atomic mass is 10.00. The van der Waals surface area contributed by atoms with Gasteiger partial charge in [0.25, 0.3) is 5.91 Å². The molecule has 43 heavy (non-hydrogen) atoms. The number of sulfonamides is 1. The van der Waals surface area contributed by atoms with Gasteiger partial charge in [0.05, 0.1) is 35.9 Å². The molecule has 0 aliphatic heterocycles. The summed E-state index contributed by atoms with van der Waals surface area (Å²) in [6, 6.07) is 15.6. The first kappa shape index (κ1) is 27.8. The van der Waals surface area contributed by atoms with Crippen molar-refractivity contribution < 1.29 is 31.2 Å². The fraction of sp³-hybridized carbons (Fsp3) is 0.133. The van der Waals surface area contributed by atoms with E-state index in [0.29, 0.717) is 38.9 Å². The second kappa shape index (κ2) is 10.5. The minimum Gasteiger partial charge on any atom is -0.479 e. The monoisotopic (exact) mass is 601 g/mol. The number of nitrogens with one attached hydrogen (secondary N) is 1. The van der Waals surface area contributed by atoms with Gasteiger partial charge >= 0.3 is 0 Å². The molecule has 0 spiro atoms. The third-order valence-corrected chi connectivity index (χ3v) is 8.18. The van der Waals surface area contributed by atoms with Gasteiger partial charge in [-0.3, -0.25) is 14.1 Å². The fourth-order valence-electron chi connectivity index (χ4n) is 4.77. The summed E-state index contributed by atoms with van der Waals surface area (Å²) in [5.74, 6) is -0.126. The smallest absolute Gasteiger partial charge is 0.255 e. The number of halogens is 1. The Morgan fingerprint density at radius 3 is 2.44 bits per heavy atom. The zero-order valence-corrected chi connectivity index (χ0v) is 24.2. The third kappa shape index (κ3) is 4.93. The summed E-state index contributed by atoms with van der Waals surface area (Å²) in [6.45, 7) is 0. The predicted molar refractivity (Wildman–Crippen MR) is 159 cm³/mol. The molecule has 0 aliphatic rings. The lowest BCUT2D eigenvalue weighted by Crippen LogP contribution is -2.25. The van der Waals surface area contributed by atoms with Crippen LogP contribution in [0.2, 0.25) is 0 Å². The van der Waals surface area contributed by atoms with Crippen molar-refractivity contribution in [1.29, 1.82) is 0 Å². The molecule has 6 rings (SSSR count). The molecule has 4 heterocycles. The number of furan rings is 2. The van der Waals surface area contributed by atoms with E-state index >= 15 is 0 Å². The highest BCUT2D eigenvalue weighted by Gasteiger charge is 2.27. The molecule has 13 heteroatoms. The molecule has 0 aliphatic carbocycles. The third-order valence-electron chi connectivity index (χ3n) is 6.99. The lowest BCUT2D eigenvalue weighted by Gasteiger charge is -2.20. The van der Waals surface area contributed by atoms with Crippen LogP contribution in [0.1, 0.15) is 10.4 Å². The van der Waals surface area contributed by atoms with Crippen molar-refractivity contribution >= 4 is 43.7 Å². The number of carbonyl (C=O) groups is 1. The van der Waals surface area contributed by atoms with Crippen molar-refractivity contribution in [2.24, 2.45) is 0 Å². The van der Waals surface area contributed by atoms with E-state index in [-0.39, 0.29) is 34.2 Å². The minimum atomic E-state index is -3.76. The van der Waals surface area contributed by atoms with Crippen LogP contribution in [0, 0.1) is 5.82 Å². The number of hydrogen-bond donors (Lipinski definition) is 1. The number of hydrogen-bond acceptors (Lipinski definition) is 9. The molecule has 0 atom stereocenters. The number of rotatable bonds is 7. The summed E-state index contributed by atoms with van der Waals surface area (Å²) in [7, 11) is 0.561. The molecular weight excluding hydrogens is 577 g/mol. The fourth-order valence-corrected chi connectivity index (χ4v) is 5.28. The Kier molecular flexibility index (Phi) is 6.81. The zero-order chi connectivity index (χ0) is 30.5. The molecule has 1 amide bonds. The van der Waals surface area contributed by atoms with Gasteiger partial charge in [0, 0.05) is 48.9 Å². The van der Waals surface area contributed by atoms with Gasteiger partial charge in [-0.25, -0.2) is 12.8 Å². The van der Waals surface area contributed by atoms with Crippen LogP contribution in [-0.4, -0.2) is 57.0 Å². The SMILES string of the molecule is CNC(=O)c1c(-c2ccc(F)cc2)oc2cc(N(C)S(C)(=O)=O)c(-c3cc(-c4cc5ncccc5o4)c(OC)nn3)cc12. The van der Waals surface area contributed by atoms with Crippen LogP contribution in [0.3, 0.4) is 0 Å².